The fourth-order valence-electron chi connectivity index (χ4n) is 4.99. The number of nitrogens with zero attached hydrogens (tertiary/aromatic N) is 1. The Bertz CT molecular complexity index is 1140. The van der Waals surface area contributed by atoms with Crippen molar-refractivity contribution in [3.63, 3.8) is 0 Å². The second-order valence-corrected chi connectivity index (χ2v) is 12.8. The number of fused-ring (bicyclic) bond motifs is 2. The molecule has 1 unspecified atom stereocenters. The van der Waals surface area contributed by atoms with Gasteiger partial charge in [-0.15, -0.1) is 0 Å². The first-order chi connectivity index (χ1) is 13.8. The van der Waals surface area contributed by atoms with Gasteiger partial charge in [-0.3, -0.25) is 4.31 Å². The smallest absolute Gasteiger partial charge is 0.264 e. The molecular formula is C22H26N2O3S2. The molecular weight excluding hydrogens is 404 g/mol. The molecule has 2 aromatic rings. The summed E-state index contributed by atoms with van der Waals surface area (Å²) in [5.41, 5.74) is 1.87. The van der Waals surface area contributed by atoms with Crippen molar-refractivity contribution >= 4 is 25.4 Å². The van der Waals surface area contributed by atoms with Crippen LogP contribution in [0.15, 0.2) is 58.3 Å². The van der Waals surface area contributed by atoms with Crippen LogP contribution < -0.4 is 4.31 Å². The normalized spacial score (nSPS) is 23.0. The molecule has 2 fully saturated rings. The third-order valence-corrected chi connectivity index (χ3v) is 10.9. The molecule has 7 heteroatoms. The largest absolute Gasteiger partial charge is 0.265 e. The summed E-state index contributed by atoms with van der Waals surface area (Å²) in [6.07, 6.45) is 7.16. The quantitative estimate of drug-likeness (QED) is 0.766. The molecule has 2 saturated carbocycles. The van der Waals surface area contributed by atoms with Crippen LogP contribution in [0.2, 0.25) is 0 Å². The minimum atomic E-state index is -3.72. The van der Waals surface area contributed by atoms with Gasteiger partial charge in [0.15, 0.2) is 0 Å². The Balaban J connectivity index is 1.52. The number of sulfonamides is 1. The molecule has 5 nitrogen and oxygen atoms in total. The fourth-order valence-corrected chi connectivity index (χ4v) is 8.28. The van der Waals surface area contributed by atoms with E-state index in [1.165, 1.54) is 18.6 Å². The molecule has 1 heterocycles. The van der Waals surface area contributed by atoms with E-state index in [4.69, 9.17) is 4.78 Å². The first-order valence-electron chi connectivity index (χ1n) is 10.3. The highest BCUT2D eigenvalue weighted by Gasteiger charge is 2.47. The minimum absolute atomic E-state index is 0.0800. The van der Waals surface area contributed by atoms with Crippen LogP contribution in [0.25, 0.3) is 0 Å². The number of nitrogens with one attached hydrogen (secondary N) is 1. The molecule has 1 aliphatic heterocycles. The number of para-hydroxylation sites is 1. The van der Waals surface area contributed by atoms with E-state index in [1.807, 2.05) is 18.2 Å². The highest BCUT2D eigenvalue weighted by atomic mass is 32.2. The number of rotatable bonds is 4. The Morgan fingerprint density at radius 2 is 1.48 bits per heavy atom. The summed E-state index contributed by atoms with van der Waals surface area (Å²) < 4.78 is 49.5. The van der Waals surface area contributed by atoms with Crippen LogP contribution >= 0.6 is 0 Å². The van der Waals surface area contributed by atoms with Crippen molar-refractivity contribution in [1.29, 1.82) is 4.78 Å². The van der Waals surface area contributed by atoms with Crippen LogP contribution in [-0.4, -0.2) is 24.4 Å². The molecule has 0 saturated heterocycles. The second kappa shape index (κ2) is 6.57. The second-order valence-electron chi connectivity index (χ2n) is 8.64. The lowest BCUT2D eigenvalue weighted by Crippen LogP contribution is -2.38. The molecule has 3 aliphatic rings. The van der Waals surface area contributed by atoms with Gasteiger partial charge in [0, 0.05) is 22.1 Å². The lowest BCUT2D eigenvalue weighted by atomic mass is 9.71. The third-order valence-electron chi connectivity index (χ3n) is 6.76. The Kier molecular flexibility index (Phi) is 4.33. The van der Waals surface area contributed by atoms with Crippen LogP contribution in [0.3, 0.4) is 0 Å². The van der Waals surface area contributed by atoms with Gasteiger partial charge in [-0.2, -0.15) is 0 Å². The highest BCUT2D eigenvalue weighted by molar-refractivity contribution is 7.93. The summed E-state index contributed by atoms with van der Waals surface area (Å²) in [7, 11) is -6.54. The van der Waals surface area contributed by atoms with Gasteiger partial charge < -0.3 is 0 Å². The molecule has 2 aromatic carbocycles. The topological polar surface area (TPSA) is 78.3 Å². The van der Waals surface area contributed by atoms with E-state index in [0.29, 0.717) is 11.4 Å². The third kappa shape index (κ3) is 3.01. The SMILES string of the molecule is N=S(=O)(c1ccc(S(=O)(=O)N2CC3(CCCCC3)c3ccccc32)cc1)C1CC1. The van der Waals surface area contributed by atoms with E-state index >= 15 is 0 Å². The summed E-state index contributed by atoms with van der Waals surface area (Å²) in [5.74, 6) is 0. The van der Waals surface area contributed by atoms with Crippen molar-refractivity contribution in [1.82, 2.24) is 0 Å². The molecule has 1 N–H and O–H groups in total. The molecule has 29 heavy (non-hydrogen) atoms. The lowest BCUT2D eigenvalue weighted by molar-refractivity contribution is 0.315. The maximum Gasteiger partial charge on any atom is 0.264 e. The van der Waals surface area contributed by atoms with Crippen LogP contribution in [0.1, 0.15) is 50.5 Å². The van der Waals surface area contributed by atoms with Crippen molar-refractivity contribution in [2.45, 2.75) is 65.4 Å². The summed E-state index contributed by atoms with van der Waals surface area (Å²) in [5, 5.41) is -0.0819. The molecule has 5 rings (SSSR count). The average Bonchev–Trinajstić information content (AvgIpc) is 3.55. The molecule has 2 aliphatic carbocycles. The molecule has 154 valence electrons. The van der Waals surface area contributed by atoms with Crippen molar-refractivity contribution in [2.24, 2.45) is 0 Å². The predicted octanol–water partition coefficient (Wildman–Crippen LogP) is 4.67. The zero-order valence-corrected chi connectivity index (χ0v) is 18.0. The van der Waals surface area contributed by atoms with Gasteiger partial charge in [0.25, 0.3) is 10.0 Å². The molecule has 0 aromatic heterocycles. The Hall–Kier alpha value is -1.86. The zero-order chi connectivity index (χ0) is 20.3. The standard InChI is InChI=1S/C22H26N2O3S2/c23-28(25,17-8-9-17)18-10-12-19(13-11-18)29(26,27)24-16-22(14-4-1-5-15-22)20-6-2-3-7-21(20)24/h2-3,6-7,10-13,17,23H,1,4-5,8-9,14-16H2. The monoisotopic (exact) mass is 430 g/mol. The molecule has 1 spiro atoms. The first kappa shape index (κ1) is 19.1. The van der Waals surface area contributed by atoms with Crippen molar-refractivity contribution in [3.05, 3.63) is 54.1 Å². The number of hydrogen-bond donors (Lipinski definition) is 1. The van der Waals surface area contributed by atoms with Gasteiger partial charge in [-0.25, -0.2) is 17.4 Å². The van der Waals surface area contributed by atoms with Gasteiger partial charge in [0.2, 0.25) is 0 Å². The molecule has 0 amide bonds. The van der Waals surface area contributed by atoms with Gasteiger partial charge in [-0.1, -0.05) is 37.5 Å². The fraction of sp³-hybridized carbons (Fsp3) is 0.455. The summed E-state index contributed by atoms with van der Waals surface area (Å²) >= 11 is 0. The van der Waals surface area contributed by atoms with E-state index in [-0.39, 0.29) is 15.6 Å². The van der Waals surface area contributed by atoms with Crippen molar-refractivity contribution in [3.8, 4) is 0 Å². The van der Waals surface area contributed by atoms with Crippen molar-refractivity contribution < 1.29 is 12.6 Å². The zero-order valence-electron chi connectivity index (χ0n) is 16.3. The predicted molar refractivity (Wildman–Crippen MR) is 114 cm³/mol. The Morgan fingerprint density at radius 1 is 0.862 bits per heavy atom. The maximum absolute atomic E-state index is 13.5. The minimum Gasteiger partial charge on any atom is -0.265 e. The average molecular weight is 431 g/mol. The lowest BCUT2D eigenvalue weighted by Gasteiger charge is -2.34. The van der Waals surface area contributed by atoms with E-state index < -0.39 is 19.8 Å². The first-order valence-corrected chi connectivity index (χ1v) is 13.4. The summed E-state index contributed by atoms with van der Waals surface area (Å²) in [6.45, 7) is 0.494. The molecule has 0 radical (unpaired) electrons. The van der Waals surface area contributed by atoms with E-state index in [2.05, 4.69) is 6.07 Å². The Labute approximate surface area is 173 Å². The highest BCUT2D eigenvalue weighted by Crippen LogP contribution is 2.50. The van der Waals surface area contributed by atoms with Crippen LogP contribution in [0.4, 0.5) is 5.69 Å². The maximum atomic E-state index is 13.5. The molecule has 1 atom stereocenters. The van der Waals surface area contributed by atoms with E-state index in [0.717, 1.165) is 49.8 Å². The number of anilines is 1. The van der Waals surface area contributed by atoms with Crippen LogP contribution in [0, 0.1) is 4.78 Å². The van der Waals surface area contributed by atoms with E-state index in [1.54, 1.807) is 16.4 Å². The summed E-state index contributed by atoms with van der Waals surface area (Å²) in [6, 6.07) is 14.1. The number of benzene rings is 2. The number of hydrogen-bond acceptors (Lipinski definition) is 4. The van der Waals surface area contributed by atoms with Gasteiger partial charge in [0.1, 0.15) is 0 Å². The van der Waals surface area contributed by atoms with Gasteiger partial charge in [0.05, 0.1) is 20.3 Å². The summed E-state index contributed by atoms with van der Waals surface area (Å²) in [4.78, 5) is 0.638. The van der Waals surface area contributed by atoms with E-state index in [9.17, 15) is 12.6 Å². The van der Waals surface area contributed by atoms with Crippen LogP contribution in [-0.2, 0) is 25.2 Å². The van der Waals surface area contributed by atoms with Gasteiger partial charge >= 0.3 is 0 Å². The molecule has 0 bridgehead atoms. The van der Waals surface area contributed by atoms with Crippen molar-refractivity contribution in [2.75, 3.05) is 10.8 Å². The van der Waals surface area contributed by atoms with Crippen LogP contribution in [0.5, 0.6) is 0 Å². The Morgan fingerprint density at radius 3 is 2.14 bits per heavy atom. The van der Waals surface area contributed by atoms with Gasteiger partial charge in [-0.05, 0) is 61.6 Å².